The summed E-state index contributed by atoms with van der Waals surface area (Å²) in [5.74, 6) is -0.769. The summed E-state index contributed by atoms with van der Waals surface area (Å²) in [4.78, 5) is 26.0. The van der Waals surface area contributed by atoms with Gasteiger partial charge in [0.1, 0.15) is 0 Å². The fraction of sp³-hybridized carbons (Fsp3) is 0.750. The van der Waals surface area contributed by atoms with Crippen molar-refractivity contribution in [2.24, 2.45) is 5.41 Å². The van der Waals surface area contributed by atoms with Crippen molar-refractivity contribution >= 4 is 11.9 Å². The third-order valence-corrected chi connectivity index (χ3v) is 4.79. The predicted molar refractivity (Wildman–Crippen MR) is 77.3 cm³/mol. The van der Waals surface area contributed by atoms with E-state index in [1.54, 1.807) is 0 Å². The van der Waals surface area contributed by atoms with E-state index in [4.69, 9.17) is 0 Å². The van der Waals surface area contributed by atoms with Gasteiger partial charge in [0.15, 0.2) is 0 Å². The molecule has 0 atom stereocenters. The Balaban J connectivity index is 2.04. The molecule has 0 radical (unpaired) electrons. The summed E-state index contributed by atoms with van der Waals surface area (Å²) in [5.41, 5.74) is 0.500. The highest BCUT2D eigenvalue weighted by Gasteiger charge is 2.41. The quantitative estimate of drug-likeness (QED) is 0.638. The molecule has 1 aliphatic heterocycles. The van der Waals surface area contributed by atoms with E-state index in [0.29, 0.717) is 19.4 Å². The molecular formula is C16H25NO3. The van der Waals surface area contributed by atoms with Gasteiger partial charge in [-0.2, -0.15) is 0 Å². The average Bonchev–Trinajstić information content (AvgIpc) is 2.66. The Hall–Kier alpha value is -1.32. The first kappa shape index (κ1) is 15.1. The zero-order valence-electron chi connectivity index (χ0n) is 12.4. The van der Waals surface area contributed by atoms with Crippen LogP contribution in [0.1, 0.15) is 58.3 Å². The Labute approximate surface area is 120 Å². The van der Waals surface area contributed by atoms with Crippen LogP contribution in [-0.2, 0) is 9.59 Å². The molecule has 112 valence electrons. The number of aliphatic carboxylic acids is 1. The van der Waals surface area contributed by atoms with Crippen LogP contribution < -0.4 is 0 Å². The van der Waals surface area contributed by atoms with Gasteiger partial charge in [-0.3, -0.25) is 9.59 Å². The maximum Gasteiger partial charge on any atom is 0.310 e. The number of amides is 1. The number of rotatable bonds is 3. The van der Waals surface area contributed by atoms with Crippen molar-refractivity contribution in [3.05, 3.63) is 11.6 Å². The molecule has 1 aliphatic carbocycles. The summed E-state index contributed by atoms with van der Waals surface area (Å²) < 4.78 is 0. The van der Waals surface area contributed by atoms with Crippen LogP contribution >= 0.6 is 0 Å². The molecule has 20 heavy (non-hydrogen) atoms. The van der Waals surface area contributed by atoms with Crippen LogP contribution in [0.15, 0.2) is 11.6 Å². The van der Waals surface area contributed by atoms with Crippen molar-refractivity contribution in [1.29, 1.82) is 0 Å². The molecule has 1 saturated carbocycles. The molecule has 4 heteroatoms. The molecule has 1 heterocycles. The first-order valence-corrected chi connectivity index (χ1v) is 7.70. The predicted octanol–water partition coefficient (Wildman–Crippen LogP) is 2.98. The molecule has 2 rings (SSSR count). The molecule has 0 unspecified atom stereocenters. The van der Waals surface area contributed by atoms with Gasteiger partial charge >= 0.3 is 5.97 Å². The lowest BCUT2D eigenvalue weighted by Crippen LogP contribution is -2.41. The standard InChI is InChI=1S/C16H25NO3/c1-13-6-10-17(11-7-13)14(18)12-16(15(19)20)8-4-2-3-5-9-16/h6H,2-5,7-12H2,1H3,(H,19,20). The Kier molecular flexibility index (Phi) is 4.84. The SMILES string of the molecule is CC1=CCN(C(=O)CC2(C(=O)O)CCCCCC2)CC1. The maximum atomic E-state index is 12.4. The van der Waals surface area contributed by atoms with Gasteiger partial charge < -0.3 is 10.0 Å². The molecule has 2 aliphatic rings. The number of carbonyl (C=O) groups is 2. The average molecular weight is 279 g/mol. The number of carboxylic acid groups (broad SMARTS) is 1. The van der Waals surface area contributed by atoms with Crippen molar-refractivity contribution < 1.29 is 14.7 Å². The van der Waals surface area contributed by atoms with E-state index in [1.165, 1.54) is 5.57 Å². The van der Waals surface area contributed by atoms with Crippen molar-refractivity contribution in [1.82, 2.24) is 4.90 Å². The number of carbonyl (C=O) groups excluding carboxylic acids is 1. The number of nitrogens with zero attached hydrogens (tertiary/aromatic N) is 1. The van der Waals surface area contributed by atoms with Crippen LogP contribution in [0, 0.1) is 5.41 Å². The van der Waals surface area contributed by atoms with Gasteiger partial charge in [0.25, 0.3) is 0 Å². The third kappa shape index (κ3) is 3.41. The highest BCUT2D eigenvalue weighted by molar-refractivity contribution is 5.85. The zero-order valence-corrected chi connectivity index (χ0v) is 12.4. The minimum absolute atomic E-state index is 0.0121. The molecule has 0 bridgehead atoms. The second-order valence-electron chi connectivity index (χ2n) is 6.32. The highest BCUT2D eigenvalue weighted by Crippen LogP contribution is 2.39. The molecule has 1 N–H and O–H groups in total. The Morgan fingerprint density at radius 1 is 1.25 bits per heavy atom. The van der Waals surface area contributed by atoms with Crippen molar-refractivity contribution in [3.63, 3.8) is 0 Å². The van der Waals surface area contributed by atoms with E-state index in [-0.39, 0.29) is 12.3 Å². The summed E-state index contributed by atoms with van der Waals surface area (Å²) in [6.07, 6.45) is 8.50. The van der Waals surface area contributed by atoms with Crippen molar-refractivity contribution in [2.45, 2.75) is 58.3 Å². The van der Waals surface area contributed by atoms with Crippen molar-refractivity contribution in [2.75, 3.05) is 13.1 Å². The Morgan fingerprint density at radius 3 is 2.40 bits per heavy atom. The van der Waals surface area contributed by atoms with Gasteiger partial charge in [-0.05, 0) is 26.2 Å². The van der Waals surface area contributed by atoms with Crippen LogP contribution in [-0.4, -0.2) is 35.0 Å². The number of hydrogen-bond acceptors (Lipinski definition) is 2. The fourth-order valence-electron chi connectivity index (χ4n) is 3.27. The fourth-order valence-corrected chi connectivity index (χ4v) is 3.27. The molecular weight excluding hydrogens is 254 g/mol. The van der Waals surface area contributed by atoms with Gasteiger partial charge in [0.2, 0.25) is 5.91 Å². The first-order chi connectivity index (χ1) is 9.53. The molecule has 0 saturated heterocycles. The minimum Gasteiger partial charge on any atom is -0.481 e. The molecule has 0 aromatic rings. The van der Waals surface area contributed by atoms with Crippen LogP contribution in [0.4, 0.5) is 0 Å². The molecule has 0 spiro atoms. The normalized spacial score (nSPS) is 22.9. The van der Waals surface area contributed by atoms with Gasteiger partial charge in [0.05, 0.1) is 5.41 Å². The first-order valence-electron chi connectivity index (χ1n) is 7.70. The molecule has 1 fully saturated rings. The van der Waals surface area contributed by atoms with E-state index >= 15 is 0 Å². The highest BCUT2D eigenvalue weighted by atomic mass is 16.4. The summed E-state index contributed by atoms with van der Waals surface area (Å²) in [5, 5.41) is 9.62. The summed E-state index contributed by atoms with van der Waals surface area (Å²) in [7, 11) is 0. The van der Waals surface area contributed by atoms with Crippen LogP contribution in [0.25, 0.3) is 0 Å². The third-order valence-electron chi connectivity index (χ3n) is 4.79. The van der Waals surface area contributed by atoms with Crippen LogP contribution in [0.3, 0.4) is 0 Å². The van der Waals surface area contributed by atoms with Gasteiger partial charge in [-0.15, -0.1) is 0 Å². The molecule has 4 nitrogen and oxygen atoms in total. The number of carboxylic acids is 1. The zero-order chi connectivity index (χ0) is 14.6. The van der Waals surface area contributed by atoms with Gasteiger partial charge in [-0.1, -0.05) is 37.3 Å². The molecule has 1 amide bonds. The van der Waals surface area contributed by atoms with E-state index in [2.05, 4.69) is 13.0 Å². The monoisotopic (exact) mass is 279 g/mol. The Bertz CT molecular complexity index is 406. The van der Waals surface area contributed by atoms with E-state index in [9.17, 15) is 14.7 Å². The topological polar surface area (TPSA) is 57.6 Å². The summed E-state index contributed by atoms with van der Waals surface area (Å²) in [6, 6.07) is 0. The second-order valence-corrected chi connectivity index (χ2v) is 6.32. The van der Waals surface area contributed by atoms with Gasteiger partial charge in [-0.25, -0.2) is 0 Å². The molecule has 0 aromatic heterocycles. The van der Waals surface area contributed by atoms with E-state index in [0.717, 1.165) is 38.6 Å². The molecule has 0 aromatic carbocycles. The van der Waals surface area contributed by atoms with E-state index < -0.39 is 11.4 Å². The summed E-state index contributed by atoms with van der Waals surface area (Å²) in [6.45, 7) is 3.45. The maximum absolute atomic E-state index is 12.4. The largest absolute Gasteiger partial charge is 0.481 e. The smallest absolute Gasteiger partial charge is 0.310 e. The second kappa shape index (κ2) is 6.42. The van der Waals surface area contributed by atoms with E-state index in [1.807, 2.05) is 4.90 Å². The lowest BCUT2D eigenvalue weighted by atomic mass is 9.77. The lowest BCUT2D eigenvalue weighted by Gasteiger charge is -2.32. The van der Waals surface area contributed by atoms with Crippen molar-refractivity contribution in [3.8, 4) is 0 Å². The summed E-state index contributed by atoms with van der Waals surface area (Å²) >= 11 is 0. The Morgan fingerprint density at radius 2 is 1.90 bits per heavy atom. The minimum atomic E-state index is -0.816. The number of hydrogen-bond donors (Lipinski definition) is 1. The van der Waals surface area contributed by atoms with Gasteiger partial charge in [0, 0.05) is 19.5 Å². The van der Waals surface area contributed by atoms with Crippen LogP contribution in [0.5, 0.6) is 0 Å². The lowest BCUT2D eigenvalue weighted by molar-refractivity contribution is -0.154. The van der Waals surface area contributed by atoms with Crippen LogP contribution in [0.2, 0.25) is 0 Å².